The first-order valence-corrected chi connectivity index (χ1v) is 11.9. The van der Waals surface area contributed by atoms with Gasteiger partial charge in [0.15, 0.2) is 0 Å². The normalized spacial score (nSPS) is 25.0. The summed E-state index contributed by atoms with van der Waals surface area (Å²) in [5.41, 5.74) is 0. The van der Waals surface area contributed by atoms with Crippen molar-refractivity contribution in [2.75, 3.05) is 30.3 Å². The number of hydrogen-bond donors (Lipinski definition) is 3. The van der Waals surface area contributed by atoms with E-state index in [1.54, 1.807) is 21.6 Å². The third-order valence-corrected chi connectivity index (χ3v) is 7.90. The molecule has 136 valence electrons. The molecule has 2 heterocycles. The van der Waals surface area contributed by atoms with E-state index in [0.717, 1.165) is 49.6 Å². The molecule has 3 atom stereocenters. The number of nitrogens with one attached hydrogen (secondary N) is 3. The SMILES string of the molecule is C=NCCSSCCNC(=O)CCCC[C@@H]1SCC2NC(=O)N[C@@H]21. The van der Waals surface area contributed by atoms with Crippen molar-refractivity contribution in [1.82, 2.24) is 16.0 Å². The van der Waals surface area contributed by atoms with Gasteiger partial charge in [0.1, 0.15) is 0 Å². The van der Waals surface area contributed by atoms with Gasteiger partial charge in [-0.15, -0.1) is 0 Å². The Balaban J connectivity index is 1.44. The molecule has 2 rings (SSSR count). The van der Waals surface area contributed by atoms with Crippen LogP contribution in [0, 0.1) is 0 Å². The number of urea groups is 1. The van der Waals surface area contributed by atoms with Crippen molar-refractivity contribution in [3.05, 3.63) is 0 Å². The molecule has 2 fully saturated rings. The van der Waals surface area contributed by atoms with E-state index in [1.165, 1.54) is 0 Å². The summed E-state index contributed by atoms with van der Waals surface area (Å²) >= 11 is 1.93. The molecule has 0 aromatic carbocycles. The van der Waals surface area contributed by atoms with Crippen LogP contribution in [0.5, 0.6) is 0 Å². The highest BCUT2D eigenvalue weighted by molar-refractivity contribution is 8.76. The zero-order valence-electron chi connectivity index (χ0n) is 13.8. The number of nitrogens with zero attached hydrogens (tertiary/aromatic N) is 1. The second kappa shape index (κ2) is 11.1. The molecule has 6 nitrogen and oxygen atoms in total. The molecule has 1 unspecified atom stereocenters. The summed E-state index contributed by atoms with van der Waals surface area (Å²) in [5.74, 6) is 3.02. The average Bonchev–Trinajstić information content (AvgIpc) is 3.10. The first-order chi connectivity index (χ1) is 11.7. The zero-order chi connectivity index (χ0) is 17.2. The van der Waals surface area contributed by atoms with E-state index >= 15 is 0 Å². The largest absolute Gasteiger partial charge is 0.355 e. The zero-order valence-corrected chi connectivity index (χ0v) is 16.2. The van der Waals surface area contributed by atoms with Crippen LogP contribution >= 0.6 is 33.3 Å². The molecule has 0 saturated carbocycles. The van der Waals surface area contributed by atoms with Gasteiger partial charge in [0.25, 0.3) is 0 Å². The summed E-state index contributed by atoms with van der Waals surface area (Å²) in [6.45, 7) is 4.95. The summed E-state index contributed by atoms with van der Waals surface area (Å²) < 4.78 is 0. The highest BCUT2D eigenvalue weighted by atomic mass is 33.1. The second-order valence-corrected chi connectivity index (χ2v) is 9.78. The van der Waals surface area contributed by atoms with Crippen LogP contribution in [0.25, 0.3) is 0 Å². The van der Waals surface area contributed by atoms with Crippen LogP contribution in [0.3, 0.4) is 0 Å². The summed E-state index contributed by atoms with van der Waals surface area (Å²) in [7, 11) is 3.53. The third kappa shape index (κ3) is 6.76. The van der Waals surface area contributed by atoms with Crippen molar-refractivity contribution in [2.24, 2.45) is 4.99 Å². The fraction of sp³-hybridized carbons (Fsp3) is 0.800. The van der Waals surface area contributed by atoms with E-state index in [2.05, 4.69) is 27.7 Å². The van der Waals surface area contributed by atoms with Crippen LogP contribution in [0.1, 0.15) is 25.7 Å². The van der Waals surface area contributed by atoms with Gasteiger partial charge in [-0.1, -0.05) is 28.0 Å². The van der Waals surface area contributed by atoms with Crippen molar-refractivity contribution in [1.29, 1.82) is 0 Å². The number of carbonyl (C=O) groups is 2. The van der Waals surface area contributed by atoms with Gasteiger partial charge in [-0.25, -0.2) is 4.79 Å². The van der Waals surface area contributed by atoms with E-state index in [9.17, 15) is 9.59 Å². The minimum atomic E-state index is -0.0357. The number of carbonyl (C=O) groups excluding carboxylic acids is 2. The Bertz CT molecular complexity index is 439. The molecule has 3 amide bonds. The molecule has 0 aromatic heterocycles. The standard InChI is InChI=1S/C15H26N4O2S3/c1-16-6-8-23-24-9-7-17-13(20)5-3-2-4-12-14-11(10-22-12)18-15(21)19-14/h11-12,14H,1-10H2,(H,17,20)(H2,18,19,21)/t11?,12-,14-/m0/s1. The van der Waals surface area contributed by atoms with Crippen LogP contribution < -0.4 is 16.0 Å². The molecule has 0 bridgehead atoms. The van der Waals surface area contributed by atoms with Crippen molar-refractivity contribution >= 4 is 52.0 Å². The van der Waals surface area contributed by atoms with Crippen LogP contribution in [-0.2, 0) is 4.79 Å². The lowest BCUT2D eigenvalue weighted by Gasteiger charge is -2.16. The van der Waals surface area contributed by atoms with Crippen molar-refractivity contribution in [3.8, 4) is 0 Å². The molecule has 0 spiro atoms. The first kappa shape index (κ1) is 19.8. The van der Waals surface area contributed by atoms with E-state index in [0.29, 0.717) is 11.7 Å². The number of hydrogen-bond acceptors (Lipinski definition) is 6. The summed E-state index contributed by atoms with van der Waals surface area (Å²) in [4.78, 5) is 26.9. The molecule has 0 radical (unpaired) electrons. The van der Waals surface area contributed by atoms with Crippen molar-refractivity contribution in [2.45, 2.75) is 43.0 Å². The lowest BCUT2D eigenvalue weighted by atomic mass is 10.0. The molecule has 0 aromatic rings. The number of fused-ring (bicyclic) bond motifs is 1. The maximum Gasteiger partial charge on any atom is 0.315 e. The number of unbranched alkanes of at least 4 members (excludes halogenated alkanes) is 1. The van der Waals surface area contributed by atoms with Gasteiger partial charge >= 0.3 is 6.03 Å². The van der Waals surface area contributed by atoms with E-state index in [-0.39, 0.29) is 24.0 Å². The second-order valence-electron chi connectivity index (χ2n) is 5.81. The molecule has 24 heavy (non-hydrogen) atoms. The predicted molar refractivity (Wildman–Crippen MR) is 106 cm³/mol. The van der Waals surface area contributed by atoms with Crippen molar-refractivity contribution in [3.63, 3.8) is 0 Å². The molecule has 9 heteroatoms. The van der Waals surface area contributed by atoms with Gasteiger partial charge in [0, 0.05) is 42.0 Å². The number of thioether (sulfide) groups is 1. The Labute approximate surface area is 155 Å². The molecule has 3 N–H and O–H groups in total. The van der Waals surface area contributed by atoms with Crippen molar-refractivity contribution < 1.29 is 9.59 Å². The smallest absolute Gasteiger partial charge is 0.315 e. The number of amides is 3. The Morgan fingerprint density at radius 2 is 2.17 bits per heavy atom. The molecule has 0 aliphatic carbocycles. The predicted octanol–water partition coefficient (Wildman–Crippen LogP) is 1.91. The lowest BCUT2D eigenvalue weighted by molar-refractivity contribution is -0.121. The van der Waals surface area contributed by atoms with E-state index in [1.807, 2.05) is 11.8 Å². The minimum Gasteiger partial charge on any atom is -0.355 e. The van der Waals surface area contributed by atoms with Gasteiger partial charge in [-0.05, 0) is 19.6 Å². The van der Waals surface area contributed by atoms with Crippen LogP contribution in [-0.4, -0.2) is 66.3 Å². The molecular weight excluding hydrogens is 364 g/mol. The fourth-order valence-corrected chi connectivity index (χ4v) is 6.16. The van der Waals surface area contributed by atoms with Crippen LogP contribution in [0.4, 0.5) is 4.79 Å². The van der Waals surface area contributed by atoms with Crippen LogP contribution in [0.15, 0.2) is 4.99 Å². The summed E-state index contributed by atoms with van der Waals surface area (Å²) in [6.07, 6.45) is 3.59. The van der Waals surface area contributed by atoms with E-state index < -0.39 is 0 Å². The molecular formula is C15H26N4O2S3. The summed E-state index contributed by atoms with van der Waals surface area (Å²) in [5, 5.41) is 9.40. The Hall–Kier alpha value is -0.540. The monoisotopic (exact) mass is 390 g/mol. The molecule has 2 saturated heterocycles. The van der Waals surface area contributed by atoms with Gasteiger partial charge in [-0.2, -0.15) is 11.8 Å². The van der Waals surface area contributed by atoms with Gasteiger partial charge in [0.05, 0.1) is 12.1 Å². The van der Waals surface area contributed by atoms with E-state index in [4.69, 9.17) is 0 Å². The van der Waals surface area contributed by atoms with Gasteiger partial charge in [-0.3, -0.25) is 4.79 Å². The van der Waals surface area contributed by atoms with Gasteiger partial charge in [0.2, 0.25) is 5.91 Å². The highest BCUT2D eigenvalue weighted by Gasteiger charge is 2.42. The maximum absolute atomic E-state index is 11.8. The lowest BCUT2D eigenvalue weighted by Crippen LogP contribution is -2.36. The minimum absolute atomic E-state index is 0.0357. The fourth-order valence-electron chi connectivity index (χ4n) is 2.81. The van der Waals surface area contributed by atoms with Gasteiger partial charge < -0.3 is 20.9 Å². The number of rotatable bonds is 12. The third-order valence-electron chi connectivity index (χ3n) is 4.00. The quantitative estimate of drug-likeness (QED) is 0.205. The Morgan fingerprint density at radius 1 is 1.33 bits per heavy atom. The highest BCUT2D eigenvalue weighted by Crippen LogP contribution is 2.33. The topological polar surface area (TPSA) is 82.6 Å². The average molecular weight is 391 g/mol. The summed E-state index contributed by atoms with van der Waals surface area (Å²) in [6, 6.07) is 0.516. The molecule has 2 aliphatic rings. The molecule has 2 aliphatic heterocycles. The Morgan fingerprint density at radius 3 is 3.00 bits per heavy atom. The number of aliphatic imine (C=N–C) groups is 1. The maximum atomic E-state index is 11.8. The van der Waals surface area contributed by atoms with Crippen LogP contribution in [0.2, 0.25) is 0 Å². The first-order valence-electron chi connectivity index (χ1n) is 8.33. The Kier molecular flexibility index (Phi) is 9.19.